The van der Waals surface area contributed by atoms with Crippen LogP contribution >= 0.6 is 11.6 Å². The highest BCUT2D eigenvalue weighted by molar-refractivity contribution is 6.18. The van der Waals surface area contributed by atoms with Crippen LogP contribution in [-0.2, 0) is 4.79 Å². The number of carbonyl (C=O) groups excluding carboxylic acids is 1. The topological polar surface area (TPSA) is 20.3 Å². The Hall–Kier alpha value is -0.240. The van der Waals surface area contributed by atoms with E-state index < -0.39 is 0 Å². The molecule has 0 saturated heterocycles. The third kappa shape index (κ3) is 3.87. The van der Waals surface area contributed by atoms with Gasteiger partial charge in [0.15, 0.2) is 0 Å². The molecular weight excluding hydrogens is 198 g/mol. The van der Waals surface area contributed by atoms with Crippen molar-refractivity contribution < 1.29 is 4.79 Å². The molecule has 0 saturated carbocycles. The molecule has 0 N–H and O–H groups in total. The number of halogens is 1. The van der Waals surface area contributed by atoms with Gasteiger partial charge in [-0.05, 0) is 12.8 Å². The van der Waals surface area contributed by atoms with E-state index in [2.05, 4.69) is 6.92 Å². The summed E-state index contributed by atoms with van der Waals surface area (Å²) in [6.07, 6.45) is 1.86. The molecule has 14 heavy (non-hydrogen) atoms. The van der Waals surface area contributed by atoms with Crippen LogP contribution < -0.4 is 0 Å². The van der Waals surface area contributed by atoms with Crippen LogP contribution in [0.3, 0.4) is 0 Å². The molecule has 0 atom stereocenters. The molecule has 0 radical (unpaired) electrons. The second-order valence-electron chi connectivity index (χ2n) is 4.22. The second-order valence-corrected chi connectivity index (χ2v) is 4.60. The minimum absolute atomic E-state index is 0.225. The van der Waals surface area contributed by atoms with Crippen molar-refractivity contribution in [3.05, 3.63) is 0 Å². The first kappa shape index (κ1) is 13.8. The van der Waals surface area contributed by atoms with Gasteiger partial charge in [-0.3, -0.25) is 4.79 Å². The zero-order valence-corrected chi connectivity index (χ0v) is 10.5. The van der Waals surface area contributed by atoms with E-state index in [1.807, 2.05) is 25.7 Å². The fraction of sp³-hybridized carbons (Fsp3) is 0.909. The molecule has 0 fully saturated rings. The van der Waals surface area contributed by atoms with E-state index in [4.69, 9.17) is 11.6 Å². The van der Waals surface area contributed by atoms with Crippen LogP contribution in [0.2, 0.25) is 0 Å². The molecule has 0 heterocycles. The summed E-state index contributed by atoms with van der Waals surface area (Å²) in [5.74, 6) is 0.744. The Labute approximate surface area is 92.6 Å². The summed E-state index contributed by atoms with van der Waals surface area (Å²) in [6, 6.07) is 0. The van der Waals surface area contributed by atoms with Gasteiger partial charge in [0, 0.05) is 24.4 Å². The van der Waals surface area contributed by atoms with Gasteiger partial charge in [-0.2, -0.15) is 0 Å². The number of hydrogen-bond donors (Lipinski definition) is 0. The highest BCUT2D eigenvalue weighted by Crippen LogP contribution is 2.23. The molecule has 0 aromatic rings. The standard InChI is InChI=1S/C11H22ClNO/c1-5-8-13(9-7-12)10(14)11(3,4)6-2/h5-9H2,1-4H3. The van der Waals surface area contributed by atoms with E-state index >= 15 is 0 Å². The number of hydrogen-bond acceptors (Lipinski definition) is 1. The zero-order chi connectivity index (χ0) is 11.2. The van der Waals surface area contributed by atoms with Crippen LogP contribution in [0.15, 0.2) is 0 Å². The van der Waals surface area contributed by atoms with Gasteiger partial charge >= 0.3 is 0 Å². The smallest absolute Gasteiger partial charge is 0.228 e. The van der Waals surface area contributed by atoms with E-state index in [-0.39, 0.29) is 11.3 Å². The van der Waals surface area contributed by atoms with E-state index in [0.29, 0.717) is 12.4 Å². The van der Waals surface area contributed by atoms with Crippen molar-refractivity contribution >= 4 is 17.5 Å². The van der Waals surface area contributed by atoms with Gasteiger partial charge in [0.05, 0.1) is 0 Å². The lowest BCUT2D eigenvalue weighted by Gasteiger charge is -2.30. The Bertz CT molecular complexity index is 174. The van der Waals surface area contributed by atoms with Crippen molar-refractivity contribution in [2.24, 2.45) is 5.41 Å². The number of nitrogens with zero attached hydrogens (tertiary/aromatic N) is 1. The van der Waals surface area contributed by atoms with Crippen molar-refractivity contribution in [1.82, 2.24) is 4.90 Å². The van der Waals surface area contributed by atoms with Crippen LogP contribution in [-0.4, -0.2) is 29.8 Å². The Kier molecular flexibility index (Phi) is 6.17. The van der Waals surface area contributed by atoms with E-state index in [1.54, 1.807) is 0 Å². The first-order valence-electron chi connectivity index (χ1n) is 5.35. The monoisotopic (exact) mass is 219 g/mol. The average molecular weight is 220 g/mol. The molecule has 0 unspecified atom stereocenters. The molecular formula is C11H22ClNO. The Morgan fingerprint density at radius 1 is 1.29 bits per heavy atom. The van der Waals surface area contributed by atoms with Crippen molar-refractivity contribution in [2.75, 3.05) is 19.0 Å². The molecule has 1 amide bonds. The fourth-order valence-corrected chi connectivity index (χ4v) is 1.47. The van der Waals surface area contributed by atoms with Crippen molar-refractivity contribution in [3.63, 3.8) is 0 Å². The molecule has 0 aromatic carbocycles. The molecule has 84 valence electrons. The van der Waals surface area contributed by atoms with E-state index in [9.17, 15) is 4.79 Å². The summed E-state index contributed by atoms with van der Waals surface area (Å²) in [4.78, 5) is 13.9. The van der Waals surface area contributed by atoms with Gasteiger partial charge in [0.1, 0.15) is 0 Å². The molecule has 0 spiro atoms. The summed E-state index contributed by atoms with van der Waals surface area (Å²) in [5.41, 5.74) is -0.249. The van der Waals surface area contributed by atoms with E-state index in [0.717, 1.165) is 19.4 Å². The summed E-state index contributed by atoms with van der Waals surface area (Å²) in [6.45, 7) is 9.58. The largest absolute Gasteiger partial charge is 0.341 e. The Morgan fingerprint density at radius 2 is 1.86 bits per heavy atom. The van der Waals surface area contributed by atoms with Gasteiger partial charge in [-0.15, -0.1) is 11.6 Å². The molecule has 0 aliphatic heterocycles. The van der Waals surface area contributed by atoms with Crippen LogP contribution in [0, 0.1) is 5.41 Å². The number of rotatable bonds is 6. The first-order valence-corrected chi connectivity index (χ1v) is 5.88. The number of amides is 1. The van der Waals surface area contributed by atoms with Gasteiger partial charge in [0.2, 0.25) is 5.91 Å². The molecule has 0 bridgehead atoms. The highest BCUT2D eigenvalue weighted by atomic mass is 35.5. The minimum atomic E-state index is -0.249. The van der Waals surface area contributed by atoms with Gasteiger partial charge in [-0.1, -0.05) is 27.7 Å². The van der Waals surface area contributed by atoms with Crippen LogP contribution in [0.4, 0.5) is 0 Å². The Morgan fingerprint density at radius 3 is 2.21 bits per heavy atom. The summed E-state index contributed by atoms with van der Waals surface area (Å²) in [7, 11) is 0. The zero-order valence-electron chi connectivity index (χ0n) is 9.77. The highest BCUT2D eigenvalue weighted by Gasteiger charge is 2.29. The summed E-state index contributed by atoms with van der Waals surface area (Å²) in [5, 5.41) is 0. The van der Waals surface area contributed by atoms with Crippen molar-refractivity contribution in [3.8, 4) is 0 Å². The molecule has 0 aliphatic rings. The van der Waals surface area contributed by atoms with Crippen molar-refractivity contribution in [2.45, 2.75) is 40.5 Å². The first-order chi connectivity index (χ1) is 6.49. The molecule has 2 nitrogen and oxygen atoms in total. The number of alkyl halides is 1. The molecule has 0 aromatic heterocycles. The maximum atomic E-state index is 12.0. The fourth-order valence-electron chi connectivity index (χ4n) is 1.27. The van der Waals surface area contributed by atoms with Crippen LogP contribution in [0.5, 0.6) is 0 Å². The average Bonchev–Trinajstić information content (AvgIpc) is 2.16. The molecule has 3 heteroatoms. The maximum Gasteiger partial charge on any atom is 0.228 e. The third-order valence-corrected chi connectivity index (χ3v) is 2.77. The third-order valence-electron chi connectivity index (χ3n) is 2.60. The molecule has 0 rings (SSSR count). The predicted molar refractivity (Wildman–Crippen MR) is 61.7 cm³/mol. The maximum absolute atomic E-state index is 12.0. The van der Waals surface area contributed by atoms with Crippen LogP contribution in [0.25, 0.3) is 0 Å². The Balaban J connectivity index is 4.41. The minimum Gasteiger partial charge on any atom is -0.341 e. The quantitative estimate of drug-likeness (QED) is 0.630. The van der Waals surface area contributed by atoms with Crippen molar-refractivity contribution in [1.29, 1.82) is 0 Å². The van der Waals surface area contributed by atoms with E-state index in [1.165, 1.54) is 0 Å². The second kappa shape index (κ2) is 6.28. The van der Waals surface area contributed by atoms with Gasteiger partial charge in [-0.25, -0.2) is 0 Å². The predicted octanol–water partition coefficient (Wildman–Crippen LogP) is 2.90. The van der Waals surface area contributed by atoms with Gasteiger partial charge in [0.25, 0.3) is 0 Å². The molecule has 0 aliphatic carbocycles. The lowest BCUT2D eigenvalue weighted by Crippen LogP contribution is -2.42. The summed E-state index contributed by atoms with van der Waals surface area (Å²) < 4.78 is 0. The number of carbonyl (C=O) groups is 1. The normalized spacial score (nSPS) is 11.5. The summed E-state index contributed by atoms with van der Waals surface area (Å²) >= 11 is 5.68. The lowest BCUT2D eigenvalue weighted by atomic mass is 9.88. The SMILES string of the molecule is CCCN(CCCl)C(=O)C(C)(C)CC. The lowest BCUT2D eigenvalue weighted by molar-refractivity contribution is -0.140. The van der Waals surface area contributed by atoms with Crippen LogP contribution in [0.1, 0.15) is 40.5 Å². The van der Waals surface area contributed by atoms with Gasteiger partial charge < -0.3 is 4.90 Å².